The molecule has 0 saturated heterocycles. The molecule has 0 aliphatic rings. The lowest BCUT2D eigenvalue weighted by molar-refractivity contribution is 0.0953. The van der Waals surface area contributed by atoms with Gasteiger partial charge in [0.05, 0.1) is 5.75 Å². The van der Waals surface area contributed by atoms with E-state index >= 15 is 0 Å². The molecule has 0 bridgehead atoms. The maximum absolute atomic E-state index is 11.8. The molecule has 1 aromatic carbocycles. The third kappa shape index (κ3) is 5.24. The van der Waals surface area contributed by atoms with Crippen LogP contribution in [0.4, 0.5) is 0 Å². The Kier molecular flexibility index (Phi) is 5.47. The van der Waals surface area contributed by atoms with Gasteiger partial charge in [-0.15, -0.1) is 0 Å². The average molecular weight is 300 g/mol. The minimum absolute atomic E-state index is 0.103. The van der Waals surface area contributed by atoms with E-state index in [-0.39, 0.29) is 30.5 Å². The highest BCUT2D eigenvalue weighted by Crippen LogP contribution is 2.05. The van der Waals surface area contributed by atoms with Crippen LogP contribution in [-0.2, 0) is 10.0 Å². The molecule has 8 nitrogen and oxygen atoms in total. The third-order valence-electron chi connectivity index (χ3n) is 2.42. The minimum atomic E-state index is -3.52. The molecule has 0 spiro atoms. The first-order valence-electron chi connectivity index (χ1n) is 5.70. The van der Waals surface area contributed by atoms with E-state index in [2.05, 4.69) is 10.5 Å². The number of nitrogens with zero attached hydrogens (tertiary/aromatic N) is 1. The molecule has 0 aliphatic heterocycles. The van der Waals surface area contributed by atoms with Gasteiger partial charge >= 0.3 is 0 Å². The fraction of sp³-hybridized carbons (Fsp3) is 0.273. The topological polar surface area (TPSA) is 148 Å². The van der Waals surface area contributed by atoms with E-state index in [1.54, 1.807) is 18.2 Å². The molecule has 9 heteroatoms. The number of amides is 1. The first-order valence-corrected chi connectivity index (χ1v) is 7.41. The summed E-state index contributed by atoms with van der Waals surface area (Å²) in [5, 5.41) is 18.8. The molecular formula is C11H16N4O4S. The zero-order valence-electron chi connectivity index (χ0n) is 10.6. The van der Waals surface area contributed by atoms with Crippen molar-refractivity contribution in [2.45, 2.75) is 6.42 Å². The van der Waals surface area contributed by atoms with E-state index < -0.39 is 10.0 Å². The molecule has 1 rings (SSSR count). The van der Waals surface area contributed by atoms with E-state index in [1.807, 2.05) is 0 Å². The Morgan fingerprint density at radius 3 is 2.60 bits per heavy atom. The number of sulfonamides is 1. The Hall–Kier alpha value is -2.13. The molecule has 1 aromatic rings. The summed E-state index contributed by atoms with van der Waals surface area (Å²) in [5.74, 6) is -0.682. The number of nitrogens with one attached hydrogen (secondary N) is 1. The summed E-state index contributed by atoms with van der Waals surface area (Å²) >= 11 is 0. The lowest BCUT2D eigenvalue weighted by Crippen LogP contribution is -2.27. The summed E-state index contributed by atoms with van der Waals surface area (Å²) < 4.78 is 21.4. The molecule has 0 aliphatic carbocycles. The number of carbonyl (C=O) groups excluding carboxylic acids is 1. The van der Waals surface area contributed by atoms with E-state index in [9.17, 15) is 13.2 Å². The van der Waals surface area contributed by atoms with Gasteiger partial charge in [-0.3, -0.25) is 4.79 Å². The Labute approximate surface area is 116 Å². The van der Waals surface area contributed by atoms with Crippen molar-refractivity contribution in [2.24, 2.45) is 16.0 Å². The van der Waals surface area contributed by atoms with Gasteiger partial charge in [0.25, 0.3) is 5.91 Å². The maximum atomic E-state index is 11.8. The highest BCUT2D eigenvalue weighted by atomic mass is 32.2. The fourth-order valence-corrected chi connectivity index (χ4v) is 2.00. The van der Waals surface area contributed by atoms with Crippen LogP contribution in [0, 0.1) is 0 Å². The molecule has 1 amide bonds. The second-order valence-corrected chi connectivity index (χ2v) is 5.78. The second kappa shape index (κ2) is 6.87. The van der Waals surface area contributed by atoms with Crippen molar-refractivity contribution in [1.29, 1.82) is 0 Å². The summed E-state index contributed by atoms with van der Waals surface area (Å²) in [4.78, 5) is 11.8. The number of hydrogen-bond acceptors (Lipinski definition) is 5. The van der Waals surface area contributed by atoms with Crippen molar-refractivity contribution in [1.82, 2.24) is 5.32 Å². The van der Waals surface area contributed by atoms with Crippen molar-refractivity contribution in [3.05, 3.63) is 35.4 Å². The van der Waals surface area contributed by atoms with Crippen LogP contribution < -0.4 is 16.2 Å². The van der Waals surface area contributed by atoms with Crippen molar-refractivity contribution in [2.75, 3.05) is 12.3 Å². The fourth-order valence-electron chi connectivity index (χ4n) is 1.45. The molecule has 0 saturated carbocycles. The number of benzene rings is 1. The number of nitrogens with two attached hydrogens (primary N) is 2. The SMILES string of the molecule is NC(=NO)c1cccc(C(=O)NCCCS(N)(=O)=O)c1. The molecule has 0 radical (unpaired) electrons. The molecule has 0 unspecified atom stereocenters. The lowest BCUT2D eigenvalue weighted by atomic mass is 10.1. The van der Waals surface area contributed by atoms with Gasteiger partial charge in [-0.2, -0.15) is 0 Å². The summed E-state index contributed by atoms with van der Waals surface area (Å²) in [6, 6.07) is 6.20. The number of hydrogen-bond donors (Lipinski definition) is 4. The van der Waals surface area contributed by atoms with E-state index in [0.717, 1.165) is 0 Å². The summed E-state index contributed by atoms with van der Waals surface area (Å²) in [6.07, 6.45) is 0.227. The van der Waals surface area contributed by atoms with Crippen molar-refractivity contribution in [3.8, 4) is 0 Å². The van der Waals surface area contributed by atoms with Crippen LogP contribution in [0.3, 0.4) is 0 Å². The highest BCUT2D eigenvalue weighted by Gasteiger charge is 2.08. The molecule has 0 atom stereocenters. The number of primary sulfonamides is 1. The predicted octanol–water partition coefficient (Wildman–Crippen LogP) is -0.810. The van der Waals surface area contributed by atoms with E-state index in [1.165, 1.54) is 6.07 Å². The second-order valence-electron chi connectivity index (χ2n) is 4.04. The minimum Gasteiger partial charge on any atom is -0.409 e. The molecule has 0 aromatic heterocycles. The monoisotopic (exact) mass is 300 g/mol. The Balaban J connectivity index is 2.60. The van der Waals surface area contributed by atoms with Crippen LogP contribution in [0.5, 0.6) is 0 Å². The van der Waals surface area contributed by atoms with Gasteiger partial charge < -0.3 is 16.3 Å². The Morgan fingerprint density at radius 2 is 2.00 bits per heavy atom. The van der Waals surface area contributed by atoms with Gasteiger partial charge in [-0.1, -0.05) is 17.3 Å². The van der Waals surface area contributed by atoms with Crippen LogP contribution >= 0.6 is 0 Å². The van der Waals surface area contributed by atoms with Gasteiger partial charge in [0.1, 0.15) is 0 Å². The van der Waals surface area contributed by atoms with Crippen LogP contribution in [0.15, 0.2) is 29.4 Å². The number of amidine groups is 1. The molecule has 6 N–H and O–H groups in total. The Morgan fingerprint density at radius 1 is 1.35 bits per heavy atom. The lowest BCUT2D eigenvalue weighted by Gasteiger charge is -2.06. The van der Waals surface area contributed by atoms with Gasteiger partial charge in [0.15, 0.2) is 5.84 Å². The third-order valence-corrected chi connectivity index (χ3v) is 3.28. The zero-order valence-corrected chi connectivity index (χ0v) is 11.4. The molecule has 0 heterocycles. The number of rotatable bonds is 6. The molecule has 0 fully saturated rings. The first kappa shape index (κ1) is 15.9. The zero-order chi connectivity index (χ0) is 15.2. The van der Waals surface area contributed by atoms with Crippen LogP contribution in [-0.4, -0.2) is 37.7 Å². The van der Waals surface area contributed by atoms with Crippen LogP contribution in [0.2, 0.25) is 0 Å². The van der Waals surface area contributed by atoms with Gasteiger partial charge in [-0.25, -0.2) is 13.6 Å². The average Bonchev–Trinajstić information content (AvgIpc) is 2.41. The maximum Gasteiger partial charge on any atom is 0.251 e. The van der Waals surface area contributed by atoms with Gasteiger partial charge in [0, 0.05) is 17.7 Å². The normalized spacial score (nSPS) is 12.2. The quantitative estimate of drug-likeness (QED) is 0.178. The summed E-state index contributed by atoms with van der Waals surface area (Å²) in [5.41, 5.74) is 6.15. The standard InChI is InChI=1S/C11H16N4O4S/c12-10(15-17)8-3-1-4-9(7-8)11(16)14-5-2-6-20(13,18)19/h1,3-4,7,17H,2,5-6H2,(H2,12,15)(H,14,16)(H2,13,18,19). The molecule has 110 valence electrons. The highest BCUT2D eigenvalue weighted by molar-refractivity contribution is 7.89. The van der Waals surface area contributed by atoms with E-state index in [0.29, 0.717) is 11.1 Å². The number of carbonyl (C=O) groups is 1. The largest absolute Gasteiger partial charge is 0.409 e. The van der Waals surface area contributed by atoms with Crippen molar-refractivity contribution in [3.63, 3.8) is 0 Å². The van der Waals surface area contributed by atoms with Crippen molar-refractivity contribution >= 4 is 21.8 Å². The molecular weight excluding hydrogens is 284 g/mol. The summed E-state index contributed by atoms with van der Waals surface area (Å²) in [6.45, 7) is 0.184. The van der Waals surface area contributed by atoms with Crippen molar-refractivity contribution < 1.29 is 18.4 Å². The van der Waals surface area contributed by atoms with Gasteiger partial charge in [0.2, 0.25) is 10.0 Å². The van der Waals surface area contributed by atoms with E-state index in [4.69, 9.17) is 16.1 Å². The van der Waals surface area contributed by atoms with Crippen LogP contribution in [0.25, 0.3) is 0 Å². The number of oxime groups is 1. The Bertz CT molecular complexity index is 613. The summed E-state index contributed by atoms with van der Waals surface area (Å²) in [7, 11) is -3.52. The molecule has 20 heavy (non-hydrogen) atoms. The smallest absolute Gasteiger partial charge is 0.251 e. The van der Waals surface area contributed by atoms with Gasteiger partial charge in [-0.05, 0) is 18.6 Å². The van der Waals surface area contributed by atoms with Crippen LogP contribution in [0.1, 0.15) is 22.3 Å². The first-order chi connectivity index (χ1) is 9.33. The predicted molar refractivity (Wildman–Crippen MR) is 73.9 cm³/mol.